The third-order valence-corrected chi connectivity index (χ3v) is 5.93. The molecule has 0 N–H and O–H groups in total. The molecular formula is C23H26BrN3O7. The highest BCUT2D eigenvalue weighted by Gasteiger charge is 2.42. The number of benzene rings is 1. The van der Waals surface area contributed by atoms with Gasteiger partial charge in [0.15, 0.2) is 5.69 Å². The topological polar surface area (TPSA) is 117 Å². The van der Waals surface area contributed by atoms with Crippen molar-refractivity contribution in [3.05, 3.63) is 57.8 Å². The highest BCUT2D eigenvalue weighted by molar-refractivity contribution is 9.09. The second-order valence-electron chi connectivity index (χ2n) is 8.72. The molecule has 0 bridgehead atoms. The number of hydrogen-bond acceptors (Lipinski definition) is 8. The first kappa shape index (κ1) is 25.4. The standard InChI is InChI=1S/C23H26BrN3O7/c1-23(2,3)34-22(31)26(4)15-11-14(12-24)27-16(21(30)32-5)17(19(28)25-18(15)27)33-20(29)13-9-7-6-8-10-13/h6-10,14-15H,11-12H2,1-5H3. The number of amides is 1. The van der Waals surface area contributed by atoms with Crippen LogP contribution in [0.5, 0.6) is 5.75 Å². The summed E-state index contributed by atoms with van der Waals surface area (Å²) < 4.78 is 17.2. The summed E-state index contributed by atoms with van der Waals surface area (Å²) in [5, 5.41) is 0.374. The van der Waals surface area contributed by atoms with Crippen molar-refractivity contribution in [3.63, 3.8) is 0 Å². The smallest absolute Gasteiger partial charge is 0.410 e. The Morgan fingerprint density at radius 2 is 1.82 bits per heavy atom. The summed E-state index contributed by atoms with van der Waals surface area (Å²) in [5.41, 5.74) is -1.69. The van der Waals surface area contributed by atoms with Crippen molar-refractivity contribution < 1.29 is 28.6 Å². The Labute approximate surface area is 204 Å². The van der Waals surface area contributed by atoms with Gasteiger partial charge in [-0.1, -0.05) is 34.1 Å². The van der Waals surface area contributed by atoms with Crippen LogP contribution in [0.1, 0.15) is 65.9 Å². The van der Waals surface area contributed by atoms with E-state index in [-0.39, 0.29) is 23.1 Å². The fourth-order valence-corrected chi connectivity index (χ4v) is 4.19. The maximum Gasteiger partial charge on any atom is 0.410 e. The van der Waals surface area contributed by atoms with E-state index in [4.69, 9.17) is 14.2 Å². The normalized spacial score (nSPS) is 17.0. The number of hydrogen-bond donors (Lipinski definition) is 0. The number of carbonyl (C=O) groups excluding carboxylic acids is 3. The lowest BCUT2D eigenvalue weighted by molar-refractivity contribution is 0.0214. The molecule has 3 rings (SSSR count). The van der Waals surface area contributed by atoms with E-state index in [1.54, 1.807) is 39.0 Å². The van der Waals surface area contributed by atoms with E-state index in [9.17, 15) is 19.2 Å². The average molecular weight is 536 g/mol. The van der Waals surface area contributed by atoms with Gasteiger partial charge < -0.3 is 23.7 Å². The minimum absolute atomic E-state index is 0.169. The maximum absolute atomic E-state index is 13.0. The lowest BCUT2D eigenvalue weighted by Gasteiger charge is -2.28. The Balaban J connectivity index is 2.11. The van der Waals surface area contributed by atoms with Crippen LogP contribution < -0.4 is 10.3 Å². The van der Waals surface area contributed by atoms with E-state index < -0.39 is 41.0 Å². The van der Waals surface area contributed by atoms with Crippen molar-refractivity contribution in [1.29, 1.82) is 0 Å². The fourth-order valence-electron chi connectivity index (χ4n) is 3.64. The first-order valence-electron chi connectivity index (χ1n) is 10.5. The summed E-state index contributed by atoms with van der Waals surface area (Å²) in [7, 11) is 2.69. The van der Waals surface area contributed by atoms with Crippen LogP contribution in [-0.2, 0) is 9.47 Å². The molecule has 2 unspecified atom stereocenters. The molecule has 1 aromatic heterocycles. The Morgan fingerprint density at radius 1 is 1.18 bits per heavy atom. The van der Waals surface area contributed by atoms with Gasteiger partial charge in [-0.3, -0.25) is 4.79 Å². The molecule has 0 aliphatic carbocycles. The zero-order chi connectivity index (χ0) is 25.2. The summed E-state index contributed by atoms with van der Waals surface area (Å²) in [5.74, 6) is -2.05. The van der Waals surface area contributed by atoms with Gasteiger partial charge in [0.2, 0.25) is 5.75 Å². The second-order valence-corrected chi connectivity index (χ2v) is 9.37. The molecule has 1 aliphatic heterocycles. The van der Waals surface area contributed by atoms with E-state index in [1.807, 2.05) is 0 Å². The van der Waals surface area contributed by atoms with Crippen LogP contribution in [0.4, 0.5) is 4.79 Å². The molecule has 0 fully saturated rings. The highest BCUT2D eigenvalue weighted by Crippen LogP contribution is 2.40. The monoisotopic (exact) mass is 535 g/mol. The van der Waals surface area contributed by atoms with Gasteiger partial charge in [-0.25, -0.2) is 14.4 Å². The predicted molar refractivity (Wildman–Crippen MR) is 125 cm³/mol. The number of aromatic nitrogens is 2. The molecule has 1 aliphatic rings. The first-order valence-corrected chi connectivity index (χ1v) is 11.6. The van der Waals surface area contributed by atoms with Crippen LogP contribution in [0.3, 0.4) is 0 Å². The quantitative estimate of drug-likeness (QED) is 0.421. The van der Waals surface area contributed by atoms with E-state index in [1.165, 1.54) is 28.6 Å². The van der Waals surface area contributed by atoms with E-state index >= 15 is 0 Å². The number of alkyl halides is 1. The van der Waals surface area contributed by atoms with Crippen molar-refractivity contribution in [3.8, 4) is 5.75 Å². The lowest BCUT2D eigenvalue weighted by Crippen LogP contribution is -2.37. The van der Waals surface area contributed by atoms with Gasteiger partial charge in [-0.05, 0) is 39.3 Å². The summed E-state index contributed by atoms with van der Waals surface area (Å²) in [6.45, 7) is 5.23. The first-order chi connectivity index (χ1) is 16.0. The molecule has 0 saturated carbocycles. The summed E-state index contributed by atoms with van der Waals surface area (Å²) >= 11 is 3.42. The Morgan fingerprint density at radius 3 is 2.38 bits per heavy atom. The molecular weight excluding hydrogens is 510 g/mol. The summed E-state index contributed by atoms with van der Waals surface area (Å²) in [6.07, 6.45) is -0.263. The van der Waals surface area contributed by atoms with Crippen LogP contribution in [0.2, 0.25) is 0 Å². The summed E-state index contributed by atoms with van der Waals surface area (Å²) in [6, 6.07) is 7.00. The SMILES string of the molecule is COC(=O)c1c(OC(=O)c2ccccc2)c(=O)nc2n1C(CBr)CC2N(C)C(=O)OC(C)(C)C. The molecule has 10 nitrogen and oxygen atoms in total. The molecule has 1 aromatic carbocycles. The van der Waals surface area contributed by atoms with Crippen LogP contribution in [-0.4, -0.2) is 57.6 Å². The third-order valence-electron chi connectivity index (χ3n) is 5.18. The van der Waals surface area contributed by atoms with Crippen LogP contribution in [0.15, 0.2) is 35.1 Å². The van der Waals surface area contributed by atoms with Gasteiger partial charge in [0.05, 0.1) is 18.7 Å². The number of nitrogens with zero attached hydrogens (tertiary/aromatic N) is 3. The maximum atomic E-state index is 13.0. The number of fused-ring (bicyclic) bond motifs is 1. The number of halogens is 1. The van der Waals surface area contributed by atoms with Crippen molar-refractivity contribution in [2.75, 3.05) is 19.5 Å². The minimum Gasteiger partial charge on any atom is -0.464 e. The molecule has 182 valence electrons. The molecule has 1 amide bonds. The number of ether oxygens (including phenoxy) is 3. The predicted octanol–water partition coefficient (Wildman–Crippen LogP) is 3.50. The number of rotatable bonds is 5. The number of carbonyl (C=O) groups is 3. The van der Waals surface area contributed by atoms with E-state index in [0.29, 0.717) is 11.8 Å². The van der Waals surface area contributed by atoms with Crippen LogP contribution in [0, 0.1) is 0 Å². The van der Waals surface area contributed by atoms with Gasteiger partial charge >= 0.3 is 23.6 Å². The number of methoxy groups -OCH3 is 1. The van der Waals surface area contributed by atoms with Crippen molar-refractivity contribution in [2.24, 2.45) is 0 Å². The number of esters is 2. The fraction of sp³-hybridized carbons (Fsp3) is 0.435. The van der Waals surface area contributed by atoms with Gasteiger partial charge in [0, 0.05) is 18.4 Å². The molecule has 11 heteroatoms. The Kier molecular flexibility index (Phi) is 7.44. The Bertz CT molecular complexity index is 1160. The minimum atomic E-state index is -0.922. The zero-order valence-electron chi connectivity index (χ0n) is 19.5. The molecule has 34 heavy (non-hydrogen) atoms. The average Bonchev–Trinajstić information content (AvgIpc) is 3.15. The van der Waals surface area contributed by atoms with E-state index in [0.717, 1.165) is 7.11 Å². The van der Waals surface area contributed by atoms with Crippen LogP contribution in [0.25, 0.3) is 0 Å². The summed E-state index contributed by atoms with van der Waals surface area (Å²) in [4.78, 5) is 56.6. The van der Waals surface area contributed by atoms with Gasteiger partial charge in [0.25, 0.3) is 0 Å². The Hall–Kier alpha value is -3.21. The second kappa shape index (κ2) is 9.96. The van der Waals surface area contributed by atoms with Crippen molar-refractivity contribution in [2.45, 2.75) is 44.9 Å². The highest BCUT2D eigenvalue weighted by atomic mass is 79.9. The van der Waals surface area contributed by atoms with Gasteiger partial charge in [-0.2, -0.15) is 4.98 Å². The van der Waals surface area contributed by atoms with E-state index in [2.05, 4.69) is 20.9 Å². The molecule has 2 aromatic rings. The third kappa shape index (κ3) is 5.14. The van der Waals surface area contributed by atoms with Gasteiger partial charge in [0.1, 0.15) is 11.4 Å². The largest absolute Gasteiger partial charge is 0.464 e. The molecule has 0 radical (unpaired) electrons. The molecule has 2 atom stereocenters. The molecule has 0 spiro atoms. The molecule has 2 heterocycles. The van der Waals surface area contributed by atoms with Crippen LogP contribution >= 0.6 is 15.9 Å². The lowest BCUT2D eigenvalue weighted by atomic mass is 10.1. The van der Waals surface area contributed by atoms with Crippen molar-refractivity contribution >= 4 is 34.0 Å². The zero-order valence-corrected chi connectivity index (χ0v) is 21.1. The molecule has 0 saturated heterocycles. The van der Waals surface area contributed by atoms with Gasteiger partial charge in [-0.15, -0.1) is 0 Å². The van der Waals surface area contributed by atoms with Crippen molar-refractivity contribution in [1.82, 2.24) is 14.5 Å².